The highest BCUT2D eigenvalue weighted by Gasteiger charge is 2.17. The average molecular weight is 335 g/mol. The van der Waals surface area contributed by atoms with Gasteiger partial charge in [-0.05, 0) is 22.8 Å². The van der Waals surface area contributed by atoms with Gasteiger partial charge in [0.15, 0.2) is 0 Å². The number of carbonyl (C=O) groups is 1. The molecule has 0 bridgehead atoms. The molecule has 0 unspecified atom stereocenters. The molecule has 3 aromatic rings. The van der Waals surface area contributed by atoms with Crippen LogP contribution in [-0.2, 0) is 22.6 Å². The first kappa shape index (κ1) is 17.0. The first-order chi connectivity index (χ1) is 12.3. The maximum atomic E-state index is 12.5. The molecule has 0 spiro atoms. The van der Waals surface area contributed by atoms with Gasteiger partial charge in [0.25, 0.3) is 0 Å². The Bertz CT molecular complexity index is 797. The summed E-state index contributed by atoms with van der Waals surface area (Å²) in [6, 6.07) is 20.2. The number of furan rings is 1. The maximum Gasteiger partial charge on any atom is 0.249 e. The van der Waals surface area contributed by atoms with E-state index in [1.165, 1.54) is 7.11 Å². The lowest BCUT2D eigenvalue weighted by Gasteiger charge is -2.23. The zero-order chi connectivity index (χ0) is 17.5. The number of carbonyl (C=O) groups excluding carboxylic acids is 1. The number of hydrogen-bond donors (Lipinski definition) is 0. The van der Waals surface area contributed by atoms with Crippen LogP contribution in [0.2, 0.25) is 0 Å². The number of benzene rings is 2. The Balaban J connectivity index is 1.88. The Labute approximate surface area is 147 Å². The fourth-order valence-electron chi connectivity index (χ4n) is 2.81. The van der Waals surface area contributed by atoms with Crippen LogP contribution in [0.3, 0.4) is 0 Å². The molecule has 1 amide bonds. The summed E-state index contributed by atoms with van der Waals surface area (Å²) in [4.78, 5) is 14.3. The standard InChI is InChI=1S/C21H21NO3/c1-24-16-21(23)22(13-17-11-12-25-15-17)14-19-9-5-6-10-20(19)18-7-3-2-4-8-18/h2-12,15H,13-14,16H2,1H3. The van der Waals surface area contributed by atoms with E-state index in [-0.39, 0.29) is 12.5 Å². The third-order valence-electron chi connectivity index (χ3n) is 4.04. The van der Waals surface area contributed by atoms with Crippen molar-refractivity contribution >= 4 is 5.91 Å². The van der Waals surface area contributed by atoms with Gasteiger partial charge in [0.2, 0.25) is 5.91 Å². The summed E-state index contributed by atoms with van der Waals surface area (Å²) in [5.74, 6) is -0.0495. The van der Waals surface area contributed by atoms with Crippen LogP contribution in [0.1, 0.15) is 11.1 Å². The molecular weight excluding hydrogens is 314 g/mol. The highest BCUT2D eigenvalue weighted by Crippen LogP contribution is 2.25. The van der Waals surface area contributed by atoms with Gasteiger partial charge in [-0.15, -0.1) is 0 Å². The molecule has 0 aliphatic rings. The second-order valence-corrected chi connectivity index (χ2v) is 5.84. The molecule has 0 fully saturated rings. The van der Waals surface area contributed by atoms with E-state index < -0.39 is 0 Å². The molecule has 25 heavy (non-hydrogen) atoms. The van der Waals surface area contributed by atoms with Gasteiger partial charge in [-0.2, -0.15) is 0 Å². The summed E-state index contributed by atoms with van der Waals surface area (Å²) < 4.78 is 10.2. The molecule has 0 N–H and O–H groups in total. The topological polar surface area (TPSA) is 42.7 Å². The first-order valence-corrected chi connectivity index (χ1v) is 8.19. The molecule has 4 nitrogen and oxygen atoms in total. The monoisotopic (exact) mass is 335 g/mol. The largest absolute Gasteiger partial charge is 0.472 e. The van der Waals surface area contributed by atoms with Crippen LogP contribution < -0.4 is 0 Å². The summed E-state index contributed by atoms with van der Waals surface area (Å²) in [6.45, 7) is 1.06. The molecule has 1 aromatic heterocycles. The zero-order valence-electron chi connectivity index (χ0n) is 14.2. The van der Waals surface area contributed by atoms with E-state index >= 15 is 0 Å². The molecule has 4 heteroatoms. The predicted molar refractivity (Wildman–Crippen MR) is 96.7 cm³/mol. The lowest BCUT2D eigenvalue weighted by molar-refractivity contribution is -0.136. The van der Waals surface area contributed by atoms with E-state index in [4.69, 9.17) is 9.15 Å². The van der Waals surface area contributed by atoms with E-state index in [0.717, 1.165) is 22.3 Å². The molecule has 0 radical (unpaired) electrons. The minimum absolute atomic E-state index is 0.0495. The van der Waals surface area contributed by atoms with Gasteiger partial charge < -0.3 is 14.1 Å². The summed E-state index contributed by atoms with van der Waals surface area (Å²) in [5.41, 5.74) is 4.33. The average Bonchev–Trinajstić information content (AvgIpc) is 3.16. The Morgan fingerprint density at radius 3 is 2.48 bits per heavy atom. The van der Waals surface area contributed by atoms with Crippen LogP contribution in [0.4, 0.5) is 0 Å². The van der Waals surface area contributed by atoms with Crippen LogP contribution >= 0.6 is 0 Å². The van der Waals surface area contributed by atoms with Gasteiger partial charge in [0.1, 0.15) is 6.61 Å². The SMILES string of the molecule is COCC(=O)N(Cc1ccoc1)Cc1ccccc1-c1ccccc1. The van der Waals surface area contributed by atoms with Gasteiger partial charge in [-0.25, -0.2) is 0 Å². The molecule has 0 aliphatic heterocycles. The lowest BCUT2D eigenvalue weighted by atomic mass is 9.99. The number of ether oxygens (including phenoxy) is 1. The van der Waals surface area contributed by atoms with E-state index in [0.29, 0.717) is 13.1 Å². The maximum absolute atomic E-state index is 12.5. The van der Waals surface area contributed by atoms with Gasteiger partial charge >= 0.3 is 0 Å². The Morgan fingerprint density at radius 2 is 1.76 bits per heavy atom. The fraction of sp³-hybridized carbons (Fsp3) is 0.190. The van der Waals surface area contributed by atoms with Gasteiger partial charge in [-0.1, -0.05) is 54.6 Å². The molecule has 2 aromatic carbocycles. The summed E-state index contributed by atoms with van der Waals surface area (Å²) in [7, 11) is 1.53. The molecule has 1 heterocycles. The third kappa shape index (κ3) is 4.37. The normalized spacial score (nSPS) is 10.6. The van der Waals surface area contributed by atoms with Crippen molar-refractivity contribution in [3.63, 3.8) is 0 Å². The minimum atomic E-state index is -0.0495. The zero-order valence-corrected chi connectivity index (χ0v) is 14.2. The van der Waals surface area contributed by atoms with Crippen molar-refractivity contribution in [2.75, 3.05) is 13.7 Å². The molecule has 0 saturated heterocycles. The van der Waals surface area contributed by atoms with Crippen molar-refractivity contribution in [2.45, 2.75) is 13.1 Å². The van der Waals surface area contributed by atoms with Crippen molar-refractivity contribution in [3.8, 4) is 11.1 Å². The second kappa shape index (κ2) is 8.31. The van der Waals surface area contributed by atoms with Gasteiger partial charge in [0.05, 0.1) is 12.5 Å². The highest BCUT2D eigenvalue weighted by molar-refractivity contribution is 5.78. The smallest absolute Gasteiger partial charge is 0.249 e. The van der Waals surface area contributed by atoms with Gasteiger partial charge in [0, 0.05) is 25.8 Å². The number of rotatable bonds is 7. The Morgan fingerprint density at radius 1 is 1.00 bits per heavy atom. The number of methoxy groups -OCH3 is 1. The molecule has 0 aliphatic carbocycles. The van der Waals surface area contributed by atoms with E-state index in [1.807, 2.05) is 36.4 Å². The summed E-state index contributed by atoms with van der Waals surface area (Å²) >= 11 is 0. The second-order valence-electron chi connectivity index (χ2n) is 5.84. The predicted octanol–water partition coefficient (Wildman–Crippen LogP) is 4.12. The van der Waals surface area contributed by atoms with E-state index in [9.17, 15) is 4.79 Å². The highest BCUT2D eigenvalue weighted by atomic mass is 16.5. The minimum Gasteiger partial charge on any atom is -0.472 e. The first-order valence-electron chi connectivity index (χ1n) is 8.19. The van der Waals surface area contributed by atoms with E-state index in [1.54, 1.807) is 17.4 Å². The number of nitrogens with zero attached hydrogens (tertiary/aromatic N) is 1. The lowest BCUT2D eigenvalue weighted by Crippen LogP contribution is -2.33. The fourth-order valence-corrected chi connectivity index (χ4v) is 2.81. The Hall–Kier alpha value is -2.85. The van der Waals surface area contributed by atoms with Crippen molar-refractivity contribution < 1.29 is 13.9 Å². The van der Waals surface area contributed by atoms with Crippen molar-refractivity contribution in [1.29, 1.82) is 0 Å². The molecule has 128 valence electrons. The van der Waals surface area contributed by atoms with Crippen molar-refractivity contribution in [1.82, 2.24) is 4.90 Å². The van der Waals surface area contributed by atoms with Crippen LogP contribution in [-0.4, -0.2) is 24.5 Å². The summed E-state index contributed by atoms with van der Waals surface area (Å²) in [6.07, 6.45) is 3.28. The van der Waals surface area contributed by atoms with Crippen LogP contribution in [0.15, 0.2) is 77.6 Å². The molecule has 0 saturated carbocycles. The number of hydrogen-bond acceptors (Lipinski definition) is 3. The van der Waals surface area contributed by atoms with Gasteiger partial charge in [-0.3, -0.25) is 4.79 Å². The van der Waals surface area contributed by atoms with Crippen LogP contribution in [0.5, 0.6) is 0 Å². The van der Waals surface area contributed by atoms with Crippen molar-refractivity contribution in [2.24, 2.45) is 0 Å². The quantitative estimate of drug-likeness (QED) is 0.652. The molecular formula is C21H21NO3. The third-order valence-corrected chi connectivity index (χ3v) is 4.04. The Kier molecular flexibility index (Phi) is 5.65. The number of amides is 1. The van der Waals surface area contributed by atoms with E-state index in [2.05, 4.69) is 24.3 Å². The molecule has 3 rings (SSSR count). The molecule has 0 atom stereocenters. The van der Waals surface area contributed by atoms with Crippen LogP contribution in [0, 0.1) is 0 Å². The van der Waals surface area contributed by atoms with Crippen LogP contribution in [0.25, 0.3) is 11.1 Å². The summed E-state index contributed by atoms with van der Waals surface area (Å²) in [5, 5.41) is 0. The van der Waals surface area contributed by atoms with Crippen molar-refractivity contribution in [3.05, 3.63) is 84.3 Å².